The normalized spacial score (nSPS) is 22.5. The van der Waals surface area contributed by atoms with Crippen molar-refractivity contribution in [1.29, 1.82) is 0 Å². The molecule has 0 saturated heterocycles. The SMILES string of the molecule is CSC1CCCC1Nc1c(F)cc([N+](=O)[O-])cc1F. The fourth-order valence-electron chi connectivity index (χ4n) is 2.36. The number of nitro groups is 1. The molecule has 2 unspecified atom stereocenters. The lowest BCUT2D eigenvalue weighted by atomic mass is 10.2. The third-order valence-corrected chi connectivity index (χ3v) is 4.49. The highest BCUT2D eigenvalue weighted by molar-refractivity contribution is 7.99. The Morgan fingerprint density at radius 2 is 2.00 bits per heavy atom. The highest BCUT2D eigenvalue weighted by Crippen LogP contribution is 2.33. The van der Waals surface area contributed by atoms with Crippen molar-refractivity contribution in [1.82, 2.24) is 0 Å². The number of anilines is 1. The van der Waals surface area contributed by atoms with Gasteiger partial charge in [0.15, 0.2) is 11.6 Å². The fraction of sp³-hybridized carbons (Fsp3) is 0.500. The largest absolute Gasteiger partial charge is 0.376 e. The van der Waals surface area contributed by atoms with E-state index in [1.54, 1.807) is 11.8 Å². The second-order valence-electron chi connectivity index (χ2n) is 4.50. The summed E-state index contributed by atoms with van der Waals surface area (Å²) in [6.45, 7) is 0. The van der Waals surface area contributed by atoms with Crippen LogP contribution >= 0.6 is 11.8 Å². The summed E-state index contributed by atoms with van der Waals surface area (Å²) in [5.74, 6) is -1.84. The van der Waals surface area contributed by atoms with E-state index in [4.69, 9.17) is 0 Å². The van der Waals surface area contributed by atoms with Crippen molar-refractivity contribution in [3.63, 3.8) is 0 Å². The van der Waals surface area contributed by atoms with Gasteiger partial charge in [-0.3, -0.25) is 10.1 Å². The van der Waals surface area contributed by atoms with Gasteiger partial charge in [-0.25, -0.2) is 8.78 Å². The molecule has 1 aromatic carbocycles. The second kappa shape index (κ2) is 5.73. The van der Waals surface area contributed by atoms with Crippen LogP contribution in [0.3, 0.4) is 0 Å². The summed E-state index contributed by atoms with van der Waals surface area (Å²) in [4.78, 5) is 9.70. The van der Waals surface area contributed by atoms with Crippen LogP contribution in [-0.4, -0.2) is 22.5 Å². The van der Waals surface area contributed by atoms with Gasteiger partial charge in [-0.05, 0) is 19.1 Å². The molecule has 1 saturated carbocycles. The molecular weight excluding hydrogens is 274 g/mol. The van der Waals surface area contributed by atoms with Gasteiger partial charge in [-0.1, -0.05) is 6.42 Å². The Kier molecular flexibility index (Phi) is 4.24. The van der Waals surface area contributed by atoms with Gasteiger partial charge in [-0.15, -0.1) is 0 Å². The van der Waals surface area contributed by atoms with Crippen LogP contribution < -0.4 is 5.32 Å². The number of rotatable bonds is 4. The van der Waals surface area contributed by atoms with Crippen molar-refractivity contribution in [3.8, 4) is 0 Å². The van der Waals surface area contributed by atoms with Crippen LogP contribution in [0.25, 0.3) is 0 Å². The van der Waals surface area contributed by atoms with Crippen LogP contribution in [0.4, 0.5) is 20.2 Å². The van der Waals surface area contributed by atoms with E-state index in [0.717, 1.165) is 31.4 Å². The molecule has 1 aliphatic carbocycles. The molecule has 1 N–H and O–H groups in total. The molecule has 4 nitrogen and oxygen atoms in total. The van der Waals surface area contributed by atoms with Gasteiger partial charge in [0.05, 0.1) is 17.1 Å². The number of halogens is 2. The quantitative estimate of drug-likeness (QED) is 0.679. The maximum atomic E-state index is 13.7. The van der Waals surface area contributed by atoms with Gasteiger partial charge >= 0.3 is 0 Å². The topological polar surface area (TPSA) is 55.2 Å². The third kappa shape index (κ3) is 2.97. The monoisotopic (exact) mass is 288 g/mol. The van der Waals surface area contributed by atoms with Gasteiger partial charge in [-0.2, -0.15) is 11.8 Å². The summed E-state index contributed by atoms with van der Waals surface area (Å²) >= 11 is 1.66. The van der Waals surface area contributed by atoms with Gasteiger partial charge in [0.2, 0.25) is 0 Å². The molecule has 0 bridgehead atoms. The Bertz CT molecular complexity index is 476. The van der Waals surface area contributed by atoms with Crippen molar-refractivity contribution >= 4 is 23.1 Å². The minimum Gasteiger partial charge on any atom is -0.376 e. The fourth-order valence-corrected chi connectivity index (χ4v) is 3.30. The van der Waals surface area contributed by atoms with Crippen LogP contribution in [-0.2, 0) is 0 Å². The molecule has 19 heavy (non-hydrogen) atoms. The molecule has 104 valence electrons. The molecule has 2 atom stereocenters. The summed E-state index contributed by atoms with van der Waals surface area (Å²) in [5, 5.41) is 13.7. The zero-order chi connectivity index (χ0) is 14.0. The van der Waals surface area contributed by atoms with Crippen LogP contribution in [0.1, 0.15) is 19.3 Å². The number of hydrogen-bond acceptors (Lipinski definition) is 4. The average Bonchev–Trinajstić information content (AvgIpc) is 2.80. The second-order valence-corrected chi connectivity index (χ2v) is 5.57. The Hall–Kier alpha value is -1.37. The Labute approximate surface area is 113 Å². The lowest BCUT2D eigenvalue weighted by Gasteiger charge is -2.21. The van der Waals surface area contributed by atoms with Gasteiger partial charge in [0, 0.05) is 11.3 Å². The highest BCUT2D eigenvalue weighted by atomic mass is 32.2. The third-order valence-electron chi connectivity index (χ3n) is 3.32. The van der Waals surface area contributed by atoms with E-state index in [-0.39, 0.29) is 11.7 Å². The molecule has 0 aromatic heterocycles. The van der Waals surface area contributed by atoms with E-state index in [1.165, 1.54) is 0 Å². The van der Waals surface area contributed by atoms with Crippen LogP contribution in [0.15, 0.2) is 12.1 Å². The van der Waals surface area contributed by atoms with Crippen LogP contribution in [0.2, 0.25) is 0 Å². The van der Waals surface area contributed by atoms with Crippen molar-refractivity contribution in [2.24, 2.45) is 0 Å². The molecule has 1 aromatic rings. The van der Waals surface area contributed by atoms with E-state index in [0.29, 0.717) is 5.25 Å². The zero-order valence-corrected chi connectivity index (χ0v) is 11.2. The van der Waals surface area contributed by atoms with E-state index in [2.05, 4.69) is 5.32 Å². The number of non-ortho nitro benzene ring substituents is 1. The maximum absolute atomic E-state index is 13.7. The summed E-state index contributed by atoms with van der Waals surface area (Å²) < 4.78 is 27.5. The first-order chi connectivity index (χ1) is 9.02. The molecule has 0 radical (unpaired) electrons. The molecule has 0 amide bonds. The molecule has 0 heterocycles. The summed E-state index contributed by atoms with van der Waals surface area (Å²) in [7, 11) is 0. The van der Waals surface area contributed by atoms with Gasteiger partial charge in [0.1, 0.15) is 5.69 Å². The molecule has 1 fully saturated rings. The first kappa shape index (κ1) is 14.0. The summed E-state index contributed by atoms with van der Waals surface area (Å²) in [5.41, 5.74) is -0.843. The molecular formula is C12H14F2N2O2S. The molecule has 0 aliphatic heterocycles. The Balaban J connectivity index is 2.23. The number of nitrogens with zero attached hydrogens (tertiary/aromatic N) is 1. The lowest BCUT2D eigenvalue weighted by Crippen LogP contribution is -2.26. The smallest absolute Gasteiger partial charge is 0.275 e. The predicted molar refractivity (Wildman–Crippen MR) is 71.6 cm³/mol. The Morgan fingerprint density at radius 1 is 1.37 bits per heavy atom. The van der Waals surface area contributed by atoms with Gasteiger partial charge < -0.3 is 5.32 Å². The molecule has 7 heteroatoms. The molecule has 0 spiro atoms. The van der Waals surface area contributed by atoms with Crippen molar-refractivity contribution in [3.05, 3.63) is 33.9 Å². The van der Waals surface area contributed by atoms with E-state index in [9.17, 15) is 18.9 Å². The number of hydrogen-bond donors (Lipinski definition) is 1. The lowest BCUT2D eigenvalue weighted by molar-refractivity contribution is -0.385. The summed E-state index contributed by atoms with van der Waals surface area (Å²) in [6.07, 6.45) is 4.84. The van der Waals surface area contributed by atoms with E-state index in [1.807, 2.05) is 6.26 Å². The molecule has 1 aliphatic rings. The maximum Gasteiger partial charge on any atom is 0.275 e. The van der Waals surface area contributed by atoms with Crippen molar-refractivity contribution in [2.75, 3.05) is 11.6 Å². The zero-order valence-electron chi connectivity index (χ0n) is 10.4. The standard InChI is InChI=1S/C12H14F2N2O2S/c1-19-11-4-2-3-10(11)15-12-8(13)5-7(16(17)18)6-9(12)14/h5-6,10-11,15H,2-4H2,1H3. The van der Waals surface area contributed by atoms with Crippen LogP contribution in [0.5, 0.6) is 0 Å². The minimum absolute atomic E-state index is 0.000422. The highest BCUT2D eigenvalue weighted by Gasteiger charge is 2.28. The minimum atomic E-state index is -0.918. The average molecular weight is 288 g/mol. The first-order valence-electron chi connectivity index (χ1n) is 5.95. The number of benzene rings is 1. The number of nitrogens with one attached hydrogen (secondary N) is 1. The van der Waals surface area contributed by atoms with Crippen LogP contribution in [0, 0.1) is 21.7 Å². The van der Waals surface area contributed by atoms with E-state index < -0.39 is 22.2 Å². The number of nitro benzene ring substituents is 1. The van der Waals surface area contributed by atoms with E-state index >= 15 is 0 Å². The van der Waals surface area contributed by atoms with Crippen molar-refractivity contribution < 1.29 is 13.7 Å². The number of thioether (sulfide) groups is 1. The Morgan fingerprint density at radius 3 is 2.53 bits per heavy atom. The summed E-state index contributed by atoms with van der Waals surface area (Å²) in [6, 6.07) is 1.49. The predicted octanol–water partition coefficient (Wildman–Crippen LogP) is 3.57. The first-order valence-corrected chi connectivity index (χ1v) is 7.24. The molecule has 2 rings (SSSR count). The van der Waals surface area contributed by atoms with Gasteiger partial charge in [0.25, 0.3) is 5.69 Å². The van der Waals surface area contributed by atoms with Crippen molar-refractivity contribution in [2.45, 2.75) is 30.6 Å².